The molecule has 222 valence electrons. The van der Waals surface area contributed by atoms with Crippen LogP contribution < -0.4 is 16.1 Å². The Morgan fingerprint density at radius 2 is 1.77 bits per heavy atom. The highest BCUT2D eigenvalue weighted by molar-refractivity contribution is 6.33. The Labute approximate surface area is 254 Å². The Bertz CT molecular complexity index is 2130. The van der Waals surface area contributed by atoms with Crippen molar-refractivity contribution >= 4 is 45.1 Å². The predicted octanol–water partition coefficient (Wildman–Crippen LogP) is 6.23. The van der Waals surface area contributed by atoms with Gasteiger partial charge >= 0.3 is 0 Å². The van der Waals surface area contributed by atoms with Crippen molar-refractivity contribution in [3.8, 4) is 22.4 Å². The fourth-order valence-corrected chi connectivity index (χ4v) is 6.02. The van der Waals surface area contributed by atoms with Gasteiger partial charge in [-0.25, -0.2) is 23.4 Å². The lowest BCUT2D eigenvalue weighted by molar-refractivity contribution is 0.122. The second kappa shape index (κ2) is 11.0. The SMILES string of the molecule is C[C@@H](c1oc2cccc(F)c2c(=O)c1-c1cccc(F)c1)n1nc(-c2ccc(N3CCOCC3)c(Cl)c2)c2c(N)ncnc21. The van der Waals surface area contributed by atoms with Crippen LogP contribution in [0.25, 0.3) is 44.4 Å². The summed E-state index contributed by atoms with van der Waals surface area (Å²) >= 11 is 6.77. The van der Waals surface area contributed by atoms with Gasteiger partial charge < -0.3 is 19.8 Å². The van der Waals surface area contributed by atoms with Crippen LogP contribution in [0.15, 0.2) is 76.2 Å². The first kappa shape index (κ1) is 27.9. The van der Waals surface area contributed by atoms with Crippen molar-refractivity contribution in [3.05, 3.63) is 99.6 Å². The monoisotopic (exact) mass is 614 g/mol. The first-order valence-corrected chi connectivity index (χ1v) is 14.3. The predicted molar refractivity (Wildman–Crippen MR) is 165 cm³/mol. The summed E-state index contributed by atoms with van der Waals surface area (Å²) in [4.78, 5) is 24.7. The van der Waals surface area contributed by atoms with Crippen molar-refractivity contribution in [2.24, 2.45) is 0 Å². The van der Waals surface area contributed by atoms with E-state index in [1.807, 2.05) is 18.2 Å². The summed E-state index contributed by atoms with van der Waals surface area (Å²) in [6.45, 7) is 4.45. The van der Waals surface area contributed by atoms with E-state index in [1.165, 1.54) is 42.7 Å². The van der Waals surface area contributed by atoms with Crippen LogP contribution in [0, 0.1) is 11.6 Å². The summed E-state index contributed by atoms with van der Waals surface area (Å²) in [6.07, 6.45) is 1.32. The van der Waals surface area contributed by atoms with Crippen LogP contribution in [-0.2, 0) is 4.74 Å². The van der Waals surface area contributed by atoms with Crippen LogP contribution in [-0.4, -0.2) is 46.1 Å². The first-order chi connectivity index (χ1) is 21.3. The van der Waals surface area contributed by atoms with E-state index in [4.69, 9.17) is 31.6 Å². The number of aromatic nitrogens is 4. The van der Waals surface area contributed by atoms with Crippen molar-refractivity contribution in [2.45, 2.75) is 13.0 Å². The van der Waals surface area contributed by atoms with Gasteiger partial charge in [-0.15, -0.1) is 0 Å². The Kier molecular flexibility index (Phi) is 6.98. The number of benzene rings is 3. The maximum absolute atomic E-state index is 14.9. The van der Waals surface area contributed by atoms with Crippen molar-refractivity contribution < 1.29 is 17.9 Å². The molecule has 7 rings (SSSR count). The Morgan fingerprint density at radius 1 is 0.977 bits per heavy atom. The molecular weight excluding hydrogens is 590 g/mol. The molecule has 9 nitrogen and oxygen atoms in total. The molecule has 0 radical (unpaired) electrons. The Morgan fingerprint density at radius 3 is 2.55 bits per heavy atom. The fourth-order valence-electron chi connectivity index (χ4n) is 5.72. The van der Waals surface area contributed by atoms with Crippen LogP contribution in [0.3, 0.4) is 0 Å². The number of hydrogen-bond acceptors (Lipinski definition) is 8. The van der Waals surface area contributed by atoms with E-state index in [1.54, 1.807) is 17.7 Å². The topological polar surface area (TPSA) is 112 Å². The van der Waals surface area contributed by atoms with Gasteiger partial charge in [0.25, 0.3) is 0 Å². The molecule has 0 amide bonds. The standard InChI is InChI=1S/C32H25ClF2N6O3/c1-17(30-25(18-4-2-5-20(34)14-18)29(42)26-22(35)6-3-7-24(26)44-30)41-32-27(31(36)37-16-38-32)28(39-41)19-8-9-23(21(33)15-19)40-10-12-43-13-11-40/h2-9,14-17H,10-13H2,1H3,(H2,36,37,38)/t17-/m0/s1. The highest BCUT2D eigenvalue weighted by atomic mass is 35.5. The molecule has 6 aromatic rings. The quantitative estimate of drug-likeness (QED) is 0.243. The lowest BCUT2D eigenvalue weighted by Crippen LogP contribution is -2.36. The van der Waals surface area contributed by atoms with E-state index in [0.717, 1.165) is 18.8 Å². The van der Waals surface area contributed by atoms with Gasteiger partial charge in [-0.05, 0) is 48.9 Å². The Balaban J connectivity index is 1.43. The zero-order valence-electron chi connectivity index (χ0n) is 23.4. The first-order valence-electron chi connectivity index (χ1n) is 13.9. The number of fused-ring (bicyclic) bond motifs is 2. The van der Waals surface area contributed by atoms with E-state index >= 15 is 0 Å². The number of anilines is 2. The Hall–Kier alpha value is -4.87. The number of halogens is 3. The van der Waals surface area contributed by atoms with Gasteiger partial charge in [0.05, 0.1) is 34.9 Å². The fraction of sp³-hybridized carbons (Fsp3) is 0.188. The number of rotatable bonds is 5. The minimum Gasteiger partial charge on any atom is -0.458 e. The van der Waals surface area contributed by atoms with Gasteiger partial charge in [-0.3, -0.25) is 4.79 Å². The molecule has 3 aromatic carbocycles. The zero-order valence-corrected chi connectivity index (χ0v) is 24.2. The molecular formula is C32H25ClF2N6O3. The minimum atomic E-state index is -0.776. The number of ether oxygens (including phenoxy) is 1. The molecule has 0 aliphatic carbocycles. The summed E-state index contributed by atoms with van der Waals surface area (Å²) in [5, 5.41) is 5.68. The number of nitrogens with two attached hydrogens (primary N) is 1. The molecule has 0 bridgehead atoms. The van der Waals surface area contributed by atoms with Crippen molar-refractivity contribution in [3.63, 3.8) is 0 Å². The second-order valence-corrected chi connectivity index (χ2v) is 10.9. The molecule has 4 heterocycles. The summed E-state index contributed by atoms with van der Waals surface area (Å²) in [5.74, 6) is -0.950. The minimum absolute atomic E-state index is 0.0136. The molecule has 0 spiro atoms. The van der Waals surface area contributed by atoms with Gasteiger partial charge in [-0.2, -0.15) is 5.10 Å². The number of hydrogen-bond donors (Lipinski definition) is 1. The van der Waals surface area contributed by atoms with Gasteiger partial charge in [-0.1, -0.05) is 35.9 Å². The molecule has 1 aliphatic heterocycles. The zero-order chi connectivity index (χ0) is 30.5. The molecule has 1 fully saturated rings. The highest BCUT2D eigenvalue weighted by Gasteiger charge is 2.28. The van der Waals surface area contributed by atoms with Crippen molar-refractivity contribution in [2.75, 3.05) is 36.9 Å². The molecule has 1 aliphatic rings. The van der Waals surface area contributed by atoms with E-state index in [0.29, 0.717) is 40.5 Å². The molecule has 2 N–H and O–H groups in total. The maximum Gasteiger partial charge on any atom is 0.203 e. The summed E-state index contributed by atoms with van der Waals surface area (Å²) in [7, 11) is 0. The van der Waals surface area contributed by atoms with Crippen molar-refractivity contribution in [1.82, 2.24) is 19.7 Å². The third-order valence-corrected chi connectivity index (χ3v) is 8.15. The third-order valence-electron chi connectivity index (χ3n) is 7.85. The lowest BCUT2D eigenvalue weighted by atomic mass is 9.99. The highest BCUT2D eigenvalue weighted by Crippen LogP contribution is 2.38. The lowest BCUT2D eigenvalue weighted by Gasteiger charge is -2.29. The van der Waals surface area contributed by atoms with Crippen LogP contribution in [0.5, 0.6) is 0 Å². The maximum atomic E-state index is 14.9. The molecule has 12 heteroatoms. The number of nitrogen functional groups attached to an aromatic ring is 1. The molecule has 0 unspecified atom stereocenters. The van der Waals surface area contributed by atoms with E-state index in [-0.39, 0.29) is 33.7 Å². The smallest absolute Gasteiger partial charge is 0.203 e. The van der Waals surface area contributed by atoms with Crippen molar-refractivity contribution in [1.29, 1.82) is 0 Å². The largest absolute Gasteiger partial charge is 0.458 e. The van der Waals surface area contributed by atoms with Crippen LogP contribution >= 0.6 is 11.6 Å². The normalized spacial score (nSPS) is 14.4. The van der Waals surface area contributed by atoms with Crippen LogP contribution in [0.4, 0.5) is 20.3 Å². The molecule has 3 aromatic heterocycles. The average Bonchev–Trinajstić information content (AvgIpc) is 3.42. The van der Waals surface area contributed by atoms with Gasteiger partial charge in [0.2, 0.25) is 5.43 Å². The van der Waals surface area contributed by atoms with Gasteiger partial charge in [0.15, 0.2) is 5.65 Å². The molecule has 0 saturated carbocycles. The molecule has 44 heavy (non-hydrogen) atoms. The molecule has 1 atom stereocenters. The molecule has 1 saturated heterocycles. The second-order valence-electron chi connectivity index (χ2n) is 10.5. The summed E-state index contributed by atoms with van der Waals surface area (Å²) in [5.41, 5.74) is 8.44. The van der Waals surface area contributed by atoms with E-state index < -0.39 is 23.1 Å². The van der Waals surface area contributed by atoms with Gasteiger partial charge in [0.1, 0.15) is 52.2 Å². The summed E-state index contributed by atoms with van der Waals surface area (Å²) < 4.78 is 42.5. The number of nitrogens with zero attached hydrogens (tertiary/aromatic N) is 5. The third kappa shape index (κ3) is 4.65. The summed E-state index contributed by atoms with van der Waals surface area (Å²) in [6, 6.07) is 14.5. The number of morpholine rings is 1. The van der Waals surface area contributed by atoms with Crippen LogP contribution in [0.1, 0.15) is 18.7 Å². The average molecular weight is 615 g/mol. The van der Waals surface area contributed by atoms with E-state index in [2.05, 4.69) is 14.9 Å². The van der Waals surface area contributed by atoms with Gasteiger partial charge in [0, 0.05) is 18.7 Å². The van der Waals surface area contributed by atoms with Crippen LogP contribution in [0.2, 0.25) is 5.02 Å². The van der Waals surface area contributed by atoms with E-state index in [9.17, 15) is 13.6 Å².